The van der Waals surface area contributed by atoms with E-state index >= 15 is 0 Å². The van der Waals surface area contributed by atoms with E-state index in [1.165, 1.54) is 32.4 Å². The van der Waals surface area contributed by atoms with Crippen LogP contribution in [0.25, 0.3) is 0 Å². The van der Waals surface area contributed by atoms with Gasteiger partial charge in [-0.1, -0.05) is 30.3 Å². The molecule has 1 aliphatic heterocycles. The Morgan fingerprint density at radius 3 is 2.49 bits per heavy atom. The second kappa shape index (κ2) is 10.9. The van der Waals surface area contributed by atoms with E-state index in [1.54, 1.807) is 4.90 Å². The largest absolute Gasteiger partial charge is 0.493 e. The average Bonchev–Trinajstić information content (AvgIpc) is 2.91. The summed E-state index contributed by atoms with van der Waals surface area (Å²) in [5, 5.41) is 0. The molecule has 0 aliphatic carbocycles. The summed E-state index contributed by atoms with van der Waals surface area (Å²) in [5.41, 5.74) is 1.25. The van der Waals surface area contributed by atoms with Gasteiger partial charge in [-0.05, 0) is 42.7 Å². The van der Waals surface area contributed by atoms with Crippen LogP contribution in [0.15, 0.2) is 65.6 Å². The lowest BCUT2D eigenvalue weighted by atomic mass is 10.0. The van der Waals surface area contributed by atoms with Gasteiger partial charge in [0.25, 0.3) is 15.9 Å². The first-order valence-electron chi connectivity index (χ1n) is 11.3. The summed E-state index contributed by atoms with van der Waals surface area (Å²) in [4.78, 5) is 27.1. The van der Waals surface area contributed by atoms with E-state index < -0.39 is 39.2 Å². The number of fused-ring (bicyclic) bond motifs is 1. The lowest BCUT2D eigenvalue weighted by molar-refractivity contribution is -0.121. The molecule has 0 bridgehead atoms. The summed E-state index contributed by atoms with van der Waals surface area (Å²) in [6.45, 7) is -0.0803. The van der Waals surface area contributed by atoms with E-state index in [0.29, 0.717) is 6.54 Å². The number of ether oxygens (including phenoxy) is 3. The van der Waals surface area contributed by atoms with Crippen molar-refractivity contribution < 1.29 is 36.6 Å². The van der Waals surface area contributed by atoms with Crippen molar-refractivity contribution in [1.82, 2.24) is 0 Å². The number of nitrogens with one attached hydrogen (secondary N) is 1. The van der Waals surface area contributed by atoms with Gasteiger partial charge in [0.2, 0.25) is 0 Å². The van der Waals surface area contributed by atoms with Crippen molar-refractivity contribution in [3.63, 3.8) is 0 Å². The Balaban J connectivity index is 1.59. The SMILES string of the molecule is COc1cc(S(=O)(=O)Nc2ccccc2F)cc(C(=O)OCC(=O)N2CCCc3ccccc32)c1OC. The van der Waals surface area contributed by atoms with Crippen molar-refractivity contribution in [2.75, 3.05) is 37.0 Å². The van der Waals surface area contributed by atoms with E-state index in [2.05, 4.69) is 4.72 Å². The molecule has 37 heavy (non-hydrogen) atoms. The Morgan fingerprint density at radius 2 is 1.76 bits per heavy atom. The molecule has 0 aromatic heterocycles. The van der Waals surface area contributed by atoms with Crippen molar-refractivity contribution >= 4 is 33.3 Å². The van der Waals surface area contributed by atoms with Gasteiger partial charge >= 0.3 is 5.97 Å². The van der Waals surface area contributed by atoms with Crippen LogP contribution in [0.3, 0.4) is 0 Å². The fraction of sp³-hybridized carbons (Fsp3) is 0.231. The summed E-state index contributed by atoms with van der Waals surface area (Å²) in [6.07, 6.45) is 1.62. The quantitative estimate of drug-likeness (QED) is 0.443. The number of halogens is 1. The number of carbonyl (C=O) groups excluding carboxylic acids is 2. The monoisotopic (exact) mass is 528 g/mol. The molecule has 1 amide bonds. The number of hydrogen-bond donors (Lipinski definition) is 1. The predicted molar refractivity (Wildman–Crippen MR) is 134 cm³/mol. The van der Waals surface area contributed by atoms with Crippen molar-refractivity contribution in [2.45, 2.75) is 17.7 Å². The molecule has 1 heterocycles. The van der Waals surface area contributed by atoms with Crippen LogP contribution in [-0.4, -0.2) is 47.7 Å². The number of nitrogens with zero attached hydrogens (tertiary/aromatic N) is 1. The molecule has 3 aromatic rings. The van der Waals surface area contributed by atoms with E-state index in [4.69, 9.17) is 14.2 Å². The van der Waals surface area contributed by atoms with Gasteiger partial charge in [-0.3, -0.25) is 9.52 Å². The molecule has 0 saturated carbocycles. The van der Waals surface area contributed by atoms with E-state index in [0.717, 1.165) is 42.3 Å². The van der Waals surface area contributed by atoms with Gasteiger partial charge in [-0.15, -0.1) is 0 Å². The molecule has 0 unspecified atom stereocenters. The highest BCUT2D eigenvalue weighted by Crippen LogP contribution is 2.35. The smallest absolute Gasteiger partial charge is 0.342 e. The maximum Gasteiger partial charge on any atom is 0.342 e. The zero-order valence-corrected chi connectivity index (χ0v) is 21.0. The van der Waals surface area contributed by atoms with Crippen LogP contribution in [-0.2, 0) is 26.0 Å². The zero-order chi connectivity index (χ0) is 26.6. The third kappa shape index (κ3) is 5.51. The Bertz CT molecular complexity index is 1440. The van der Waals surface area contributed by atoms with Crippen LogP contribution in [0.5, 0.6) is 11.5 Å². The molecule has 0 fully saturated rings. The third-order valence-electron chi connectivity index (χ3n) is 5.84. The number of sulfonamides is 1. The first kappa shape index (κ1) is 26.0. The molecule has 9 nitrogen and oxygen atoms in total. The van der Waals surface area contributed by atoms with Gasteiger partial charge in [-0.2, -0.15) is 0 Å². The van der Waals surface area contributed by atoms with Crippen LogP contribution in [0, 0.1) is 5.82 Å². The summed E-state index contributed by atoms with van der Waals surface area (Å²) in [7, 11) is -1.80. The fourth-order valence-electron chi connectivity index (χ4n) is 4.07. The molecule has 4 rings (SSSR count). The topological polar surface area (TPSA) is 111 Å². The predicted octanol–water partition coefficient (Wildman–Crippen LogP) is 3.78. The van der Waals surface area contributed by atoms with Crippen LogP contribution in [0.1, 0.15) is 22.3 Å². The minimum Gasteiger partial charge on any atom is -0.493 e. The average molecular weight is 529 g/mol. The summed E-state index contributed by atoms with van der Waals surface area (Å²) in [6, 6.07) is 14.9. The third-order valence-corrected chi connectivity index (χ3v) is 7.18. The zero-order valence-electron chi connectivity index (χ0n) is 20.2. The van der Waals surface area contributed by atoms with Gasteiger partial charge in [0.15, 0.2) is 18.1 Å². The number of carbonyl (C=O) groups is 2. The number of para-hydroxylation sites is 2. The van der Waals surface area contributed by atoms with Gasteiger partial charge in [0.1, 0.15) is 11.4 Å². The van der Waals surface area contributed by atoms with Crippen molar-refractivity contribution in [3.8, 4) is 11.5 Å². The lowest BCUT2D eigenvalue weighted by Gasteiger charge is -2.29. The first-order valence-corrected chi connectivity index (χ1v) is 12.8. The summed E-state index contributed by atoms with van der Waals surface area (Å²) < 4.78 is 57.9. The first-order chi connectivity index (χ1) is 17.7. The van der Waals surface area contributed by atoms with Gasteiger partial charge in [0, 0.05) is 18.3 Å². The summed E-state index contributed by atoms with van der Waals surface area (Å²) in [5.74, 6) is -2.33. The Kier molecular flexibility index (Phi) is 7.63. The standard InChI is InChI=1S/C26H25FN2O7S/c1-34-23-15-18(37(32,33)28-21-11-5-4-10-20(21)27)14-19(25(23)35-2)26(31)36-16-24(30)29-13-7-9-17-8-3-6-12-22(17)29/h3-6,8,10-12,14-15,28H,7,9,13,16H2,1-2H3. The molecular weight excluding hydrogens is 503 g/mol. The normalized spacial score (nSPS) is 12.9. The number of anilines is 2. The number of methoxy groups -OCH3 is 2. The number of benzene rings is 3. The van der Waals surface area contributed by atoms with Crippen LogP contribution >= 0.6 is 0 Å². The van der Waals surface area contributed by atoms with Gasteiger partial charge < -0.3 is 19.1 Å². The number of esters is 1. The molecule has 0 radical (unpaired) electrons. The molecule has 0 spiro atoms. The van der Waals surface area contributed by atoms with Crippen LogP contribution in [0.4, 0.5) is 15.8 Å². The highest BCUT2D eigenvalue weighted by molar-refractivity contribution is 7.92. The van der Waals surface area contributed by atoms with E-state index in [9.17, 15) is 22.4 Å². The molecule has 194 valence electrons. The minimum atomic E-state index is -4.34. The molecule has 0 saturated heterocycles. The number of amides is 1. The maximum absolute atomic E-state index is 14.0. The Labute approximate surface area is 213 Å². The summed E-state index contributed by atoms with van der Waals surface area (Å²) >= 11 is 0. The molecule has 1 aliphatic rings. The minimum absolute atomic E-state index is 0.0675. The van der Waals surface area contributed by atoms with Crippen molar-refractivity contribution in [1.29, 1.82) is 0 Å². The van der Waals surface area contributed by atoms with Crippen LogP contribution < -0.4 is 19.1 Å². The molecule has 3 aromatic carbocycles. The molecular formula is C26H25FN2O7S. The van der Waals surface area contributed by atoms with E-state index in [1.807, 2.05) is 24.3 Å². The van der Waals surface area contributed by atoms with Crippen LogP contribution in [0.2, 0.25) is 0 Å². The van der Waals surface area contributed by atoms with Gasteiger partial charge in [0.05, 0.1) is 24.8 Å². The Hall–Kier alpha value is -4.12. The number of aryl methyl sites for hydroxylation is 1. The highest BCUT2D eigenvalue weighted by Gasteiger charge is 2.28. The number of hydrogen-bond acceptors (Lipinski definition) is 7. The second-order valence-electron chi connectivity index (χ2n) is 8.15. The Morgan fingerprint density at radius 1 is 1.03 bits per heavy atom. The van der Waals surface area contributed by atoms with Crippen molar-refractivity contribution in [3.05, 3.63) is 77.6 Å². The molecule has 0 atom stereocenters. The van der Waals surface area contributed by atoms with Crippen molar-refractivity contribution in [2.24, 2.45) is 0 Å². The maximum atomic E-state index is 14.0. The molecule has 11 heteroatoms. The number of rotatable bonds is 8. The molecule has 1 N–H and O–H groups in total. The fourth-order valence-corrected chi connectivity index (χ4v) is 5.18. The highest BCUT2D eigenvalue weighted by atomic mass is 32.2. The van der Waals surface area contributed by atoms with Gasteiger partial charge in [-0.25, -0.2) is 17.6 Å². The van der Waals surface area contributed by atoms with E-state index in [-0.39, 0.29) is 22.7 Å². The lowest BCUT2D eigenvalue weighted by Crippen LogP contribution is -2.38. The second-order valence-corrected chi connectivity index (χ2v) is 9.83.